The summed E-state index contributed by atoms with van der Waals surface area (Å²) in [6.45, 7) is 10.5. The molecule has 0 saturated heterocycles. The van der Waals surface area contributed by atoms with Gasteiger partial charge in [-0.3, -0.25) is 4.90 Å². The van der Waals surface area contributed by atoms with Crippen LogP contribution in [0.2, 0.25) is 0 Å². The number of aliphatic hydroxyl groups excluding tert-OH is 1. The zero-order valence-corrected chi connectivity index (χ0v) is 24.9. The van der Waals surface area contributed by atoms with E-state index in [-0.39, 0.29) is 18.1 Å². The van der Waals surface area contributed by atoms with Crippen LogP contribution in [-0.4, -0.2) is 75.4 Å². The van der Waals surface area contributed by atoms with Gasteiger partial charge in [0, 0.05) is 25.2 Å². The molecule has 0 spiro atoms. The minimum absolute atomic E-state index is 0.0196. The fourth-order valence-corrected chi connectivity index (χ4v) is 5.46. The van der Waals surface area contributed by atoms with Crippen LogP contribution in [0.25, 0.3) is 17.1 Å². The van der Waals surface area contributed by atoms with Crippen molar-refractivity contribution in [2.24, 2.45) is 0 Å². The first kappa shape index (κ1) is 30.2. The molecule has 0 amide bonds. The number of aromatic carboxylic acids is 1. The molecule has 0 unspecified atom stereocenters. The van der Waals surface area contributed by atoms with Crippen LogP contribution >= 0.6 is 0 Å². The molecule has 0 fully saturated rings. The Morgan fingerprint density at radius 1 is 1.05 bits per heavy atom. The average Bonchev–Trinajstić information content (AvgIpc) is 3.44. The van der Waals surface area contributed by atoms with Gasteiger partial charge in [0.25, 0.3) is 0 Å². The van der Waals surface area contributed by atoms with E-state index >= 15 is 0 Å². The molecule has 2 aromatic carbocycles. The number of benzene rings is 2. The van der Waals surface area contributed by atoms with Gasteiger partial charge in [-0.05, 0) is 73.2 Å². The number of fused-ring (bicyclic) bond motifs is 1. The van der Waals surface area contributed by atoms with Crippen LogP contribution in [0.1, 0.15) is 45.1 Å². The summed E-state index contributed by atoms with van der Waals surface area (Å²) in [5, 5.41) is 22.7. The lowest BCUT2D eigenvalue weighted by Crippen LogP contribution is -2.34. The standard InChI is InChI=1S/C33H38N4O6/c1-4-42-32-28(33(39)40)19-34-37(32)30-10-6-9-29(35-30)27-8-5-7-22(2)31(27)43-21-25-12-11-24-20-36(15-17-41-18-16-38)14-13-26(24)23(25)3/h5-12,19,38H,4,13-18,20-21H2,1-3H3,(H,39,40). The summed E-state index contributed by atoms with van der Waals surface area (Å²) in [5.74, 6) is 0.218. The normalized spacial score (nSPS) is 13.1. The van der Waals surface area contributed by atoms with E-state index in [9.17, 15) is 9.90 Å². The molecule has 0 saturated carbocycles. The number of carboxylic acids is 1. The number of aromatic nitrogens is 3. The highest BCUT2D eigenvalue weighted by Crippen LogP contribution is 2.34. The second-order valence-electron chi connectivity index (χ2n) is 10.5. The van der Waals surface area contributed by atoms with E-state index in [1.54, 1.807) is 13.0 Å². The van der Waals surface area contributed by atoms with Gasteiger partial charge >= 0.3 is 5.97 Å². The molecule has 0 atom stereocenters. The number of carbonyl (C=O) groups is 1. The van der Waals surface area contributed by atoms with Crippen LogP contribution in [0.5, 0.6) is 11.6 Å². The van der Waals surface area contributed by atoms with E-state index in [2.05, 4.69) is 29.1 Å². The topological polar surface area (TPSA) is 119 Å². The van der Waals surface area contributed by atoms with Crippen molar-refractivity contribution >= 4 is 5.97 Å². The summed E-state index contributed by atoms with van der Waals surface area (Å²) in [7, 11) is 0. The van der Waals surface area contributed by atoms with Crippen LogP contribution in [0.3, 0.4) is 0 Å². The molecule has 1 aliphatic heterocycles. The average molecular weight is 587 g/mol. The van der Waals surface area contributed by atoms with Crippen LogP contribution in [0, 0.1) is 13.8 Å². The zero-order valence-electron chi connectivity index (χ0n) is 24.9. The molecule has 0 bridgehead atoms. The van der Waals surface area contributed by atoms with Crippen LogP contribution in [-0.2, 0) is 24.3 Å². The third-order valence-corrected chi connectivity index (χ3v) is 7.71. The lowest BCUT2D eigenvalue weighted by molar-refractivity contribution is 0.0692. The first-order valence-electron chi connectivity index (χ1n) is 14.6. The van der Waals surface area contributed by atoms with E-state index in [0.717, 1.165) is 48.5 Å². The van der Waals surface area contributed by atoms with Crippen molar-refractivity contribution in [3.8, 4) is 28.7 Å². The largest absolute Gasteiger partial charge is 0.488 e. The summed E-state index contributed by atoms with van der Waals surface area (Å²) < 4.78 is 19.0. The minimum atomic E-state index is -1.11. The molecule has 0 radical (unpaired) electrons. The van der Waals surface area contributed by atoms with Gasteiger partial charge in [0.1, 0.15) is 17.9 Å². The van der Waals surface area contributed by atoms with Crippen LogP contribution in [0.4, 0.5) is 0 Å². The van der Waals surface area contributed by atoms with E-state index in [4.69, 9.17) is 24.3 Å². The van der Waals surface area contributed by atoms with Crippen molar-refractivity contribution < 1.29 is 29.2 Å². The Hall–Kier alpha value is -4.25. The van der Waals surface area contributed by atoms with Crippen molar-refractivity contribution in [2.45, 2.75) is 40.3 Å². The van der Waals surface area contributed by atoms with Crippen molar-refractivity contribution in [3.63, 3.8) is 0 Å². The number of aryl methyl sites for hydroxylation is 1. The highest BCUT2D eigenvalue weighted by molar-refractivity contribution is 5.90. The fraction of sp³-hybridized carbons (Fsp3) is 0.364. The first-order valence-corrected chi connectivity index (χ1v) is 14.6. The molecule has 3 heterocycles. The number of hydrogen-bond acceptors (Lipinski definition) is 8. The summed E-state index contributed by atoms with van der Waals surface area (Å²) in [5.41, 5.74) is 7.61. The first-order chi connectivity index (χ1) is 20.9. The van der Waals surface area contributed by atoms with Gasteiger partial charge in [-0.25, -0.2) is 9.78 Å². The van der Waals surface area contributed by atoms with Gasteiger partial charge in [-0.15, -0.1) is 0 Å². The van der Waals surface area contributed by atoms with Gasteiger partial charge in [-0.2, -0.15) is 9.78 Å². The number of aliphatic hydroxyl groups is 1. The molecule has 4 aromatic rings. The lowest BCUT2D eigenvalue weighted by atomic mass is 9.92. The van der Waals surface area contributed by atoms with Gasteiger partial charge in [0.15, 0.2) is 5.82 Å². The van der Waals surface area contributed by atoms with Crippen molar-refractivity contribution in [3.05, 3.63) is 88.1 Å². The molecule has 226 valence electrons. The lowest BCUT2D eigenvalue weighted by Gasteiger charge is -2.30. The van der Waals surface area contributed by atoms with Crippen LogP contribution < -0.4 is 9.47 Å². The molecular weight excluding hydrogens is 548 g/mol. The molecule has 10 nitrogen and oxygen atoms in total. The maximum atomic E-state index is 11.7. The maximum Gasteiger partial charge on any atom is 0.342 e. The third-order valence-electron chi connectivity index (χ3n) is 7.71. The maximum absolute atomic E-state index is 11.7. The Balaban J connectivity index is 1.36. The minimum Gasteiger partial charge on any atom is -0.488 e. The Morgan fingerprint density at radius 2 is 1.88 bits per heavy atom. The highest BCUT2D eigenvalue weighted by atomic mass is 16.5. The molecule has 10 heteroatoms. The zero-order chi connectivity index (χ0) is 30.3. The smallest absolute Gasteiger partial charge is 0.342 e. The summed E-state index contributed by atoms with van der Waals surface area (Å²) >= 11 is 0. The molecule has 1 aliphatic rings. The fourth-order valence-electron chi connectivity index (χ4n) is 5.46. The molecule has 0 aliphatic carbocycles. The number of pyridine rings is 1. The number of carboxylic acid groups (broad SMARTS) is 1. The van der Waals surface area contributed by atoms with Gasteiger partial charge < -0.3 is 24.4 Å². The summed E-state index contributed by atoms with van der Waals surface area (Å²) in [6.07, 6.45) is 2.25. The van der Waals surface area contributed by atoms with E-state index < -0.39 is 5.97 Å². The van der Waals surface area contributed by atoms with Gasteiger partial charge in [0.2, 0.25) is 5.88 Å². The van der Waals surface area contributed by atoms with Crippen LogP contribution in [0.15, 0.2) is 54.7 Å². The van der Waals surface area contributed by atoms with Crippen molar-refractivity contribution in [1.82, 2.24) is 19.7 Å². The molecule has 2 aromatic heterocycles. The Bertz CT molecular complexity index is 1580. The molecular formula is C33H38N4O6. The highest BCUT2D eigenvalue weighted by Gasteiger charge is 2.22. The monoisotopic (exact) mass is 586 g/mol. The number of hydrogen-bond donors (Lipinski definition) is 2. The Labute approximate surface area is 251 Å². The van der Waals surface area contributed by atoms with Crippen molar-refractivity contribution in [1.29, 1.82) is 0 Å². The molecule has 43 heavy (non-hydrogen) atoms. The quantitative estimate of drug-likeness (QED) is 0.217. The Morgan fingerprint density at radius 3 is 2.67 bits per heavy atom. The number of para-hydroxylation sites is 1. The second-order valence-corrected chi connectivity index (χ2v) is 10.5. The van der Waals surface area contributed by atoms with Gasteiger partial charge in [0.05, 0.1) is 38.3 Å². The van der Waals surface area contributed by atoms with Gasteiger partial charge in [-0.1, -0.05) is 30.3 Å². The number of ether oxygens (including phenoxy) is 3. The SMILES string of the molecule is CCOc1c(C(=O)O)cnn1-c1cccc(-c2cccc(C)c2OCc2ccc3c(c2C)CCN(CCOCCO)C3)n1. The van der Waals surface area contributed by atoms with E-state index in [0.29, 0.717) is 37.9 Å². The second kappa shape index (κ2) is 13.8. The third kappa shape index (κ3) is 6.72. The van der Waals surface area contributed by atoms with E-state index in [1.165, 1.54) is 27.6 Å². The predicted molar refractivity (Wildman–Crippen MR) is 162 cm³/mol. The van der Waals surface area contributed by atoms with Crippen molar-refractivity contribution in [2.75, 3.05) is 39.5 Å². The summed E-state index contributed by atoms with van der Waals surface area (Å²) in [4.78, 5) is 18.9. The summed E-state index contributed by atoms with van der Waals surface area (Å²) in [6, 6.07) is 15.8. The molecule has 5 rings (SSSR count). The predicted octanol–water partition coefficient (Wildman–Crippen LogP) is 4.59. The van der Waals surface area contributed by atoms with E-state index in [1.807, 2.05) is 37.3 Å². The number of nitrogens with zero attached hydrogens (tertiary/aromatic N) is 4. The number of rotatable bonds is 13. The molecule has 2 N–H and O–H groups in total. The Kier molecular flexibility index (Phi) is 9.71.